The molecule has 6 heteroatoms. The van der Waals surface area contributed by atoms with Gasteiger partial charge in [0.1, 0.15) is 6.33 Å². The van der Waals surface area contributed by atoms with Gasteiger partial charge in [0.05, 0.1) is 22.3 Å². The van der Waals surface area contributed by atoms with Crippen LogP contribution in [0.25, 0.3) is 5.69 Å². The first-order valence-electron chi connectivity index (χ1n) is 5.29. The second kappa shape index (κ2) is 5.42. The van der Waals surface area contributed by atoms with E-state index in [2.05, 4.69) is 4.98 Å². The normalized spacial score (nSPS) is 10.4. The lowest BCUT2D eigenvalue weighted by atomic mass is 10.3. The summed E-state index contributed by atoms with van der Waals surface area (Å²) in [6.45, 7) is 2.04. The minimum absolute atomic E-state index is 0.216. The summed E-state index contributed by atoms with van der Waals surface area (Å²) in [5.41, 5.74) is 0.803. The van der Waals surface area contributed by atoms with Crippen LogP contribution in [0.1, 0.15) is 17.4 Å². The molecule has 18 heavy (non-hydrogen) atoms. The molecular weight excluding hydrogens is 275 g/mol. The molecule has 0 atom stereocenters. The monoisotopic (exact) mass is 284 g/mol. The number of rotatable bonds is 3. The molecule has 2 aromatic rings. The van der Waals surface area contributed by atoms with Crippen LogP contribution < -0.4 is 0 Å². The van der Waals surface area contributed by atoms with E-state index in [9.17, 15) is 4.79 Å². The minimum Gasteiger partial charge on any atom is -0.461 e. The Morgan fingerprint density at radius 1 is 1.39 bits per heavy atom. The molecule has 0 spiro atoms. The average Bonchev–Trinajstić information content (AvgIpc) is 2.78. The number of esters is 1. The molecule has 94 valence electrons. The van der Waals surface area contributed by atoms with Gasteiger partial charge in [0.25, 0.3) is 0 Å². The molecule has 0 N–H and O–H groups in total. The summed E-state index contributed by atoms with van der Waals surface area (Å²) in [5.74, 6) is -0.473. The fourth-order valence-corrected chi connectivity index (χ4v) is 2.08. The molecule has 0 unspecified atom stereocenters. The van der Waals surface area contributed by atoms with Crippen molar-refractivity contribution >= 4 is 29.2 Å². The van der Waals surface area contributed by atoms with Gasteiger partial charge >= 0.3 is 5.97 Å². The number of carbonyl (C=O) groups is 1. The number of benzene rings is 1. The summed E-state index contributed by atoms with van der Waals surface area (Å²) in [7, 11) is 0. The topological polar surface area (TPSA) is 44.1 Å². The highest BCUT2D eigenvalue weighted by molar-refractivity contribution is 6.37. The number of hydrogen-bond acceptors (Lipinski definition) is 3. The lowest BCUT2D eigenvalue weighted by molar-refractivity contribution is 0.0520. The van der Waals surface area contributed by atoms with E-state index < -0.39 is 5.97 Å². The smallest absolute Gasteiger partial charge is 0.358 e. The van der Waals surface area contributed by atoms with Crippen LogP contribution in [0.5, 0.6) is 0 Å². The van der Waals surface area contributed by atoms with E-state index in [1.165, 1.54) is 12.5 Å². The molecule has 1 aromatic carbocycles. The van der Waals surface area contributed by atoms with Crippen molar-refractivity contribution in [1.82, 2.24) is 9.55 Å². The van der Waals surface area contributed by atoms with Crippen LogP contribution in [0.2, 0.25) is 10.0 Å². The first-order chi connectivity index (χ1) is 8.63. The molecule has 1 heterocycles. The number of hydrogen-bond donors (Lipinski definition) is 0. The molecule has 0 aliphatic heterocycles. The van der Waals surface area contributed by atoms with Gasteiger partial charge in [-0.25, -0.2) is 9.78 Å². The van der Waals surface area contributed by atoms with Crippen LogP contribution in [0.15, 0.2) is 30.7 Å². The van der Waals surface area contributed by atoms with Crippen LogP contribution in [0.4, 0.5) is 0 Å². The number of para-hydroxylation sites is 1. The third-order valence-electron chi connectivity index (χ3n) is 2.26. The fraction of sp³-hybridized carbons (Fsp3) is 0.167. The van der Waals surface area contributed by atoms with E-state index in [4.69, 9.17) is 27.9 Å². The fourth-order valence-electron chi connectivity index (χ4n) is 1.49. The van der Waals surface area contributed by atoms with Gasteiger partial charge in [-0.1, -0.05) is 29.3 Å². The minimum atomic E-state index is -0.473. The molecule has 0 fully saturated rings. The molecule has 0 bridgehead atoms. The molecule has 0 saturated carbocycles. The summed E-state index contributed by atoms with van der Waals surface area (Å²) in [4.78, 5) is 15.5. The van der Waals surface area contributed by atoms with Crippen molar-refractivity contribution in [1.29, 1.82) is 0 Å². The zero-order chi connectivity index (χ0) is 13.1. The Hall–Kier alpha value is -1.52. The van der Waals surface area contributed by atoms with Crippen LogP contribution in [0, 0.1) is 0 Å². The number of carbonyl (C=O) groups excluding carboxylic acids is 1. The number of ether oxygens (including phenoxy) is 1. The third-order valence-corrected chi connectivity index (χ3v) is 2.87. The maximum atomic E-state index is 11.5. The molecular formula is C12H10Cl2N2O2. The van der Waals surface area contributed by atoms with Crippen molar-refractivity contribution in [2.24, 2.45) is 0 Å². The average molecular weight is 285 g/mol. The Morgan fingerprint density at radius 3 is 2.67 bits per heavy atom. The first-order valence-corrected chi connectivity index (χ1v) is 6.04. The quantitative estimate of drug-likeness (QED) is 0.812. The van der Waals surface area contributed by atoms with Gasteiger partial charge in [0, 0.05) is 6.20 Å². The Labute approximate surface area is 114 Å². The Bertz CT molecular complexity index is 561. The van der Waals surface area contributed by atoms with Gasteiger partial charge in [0.15, 0.2) is 5.69 Å². The van der Waals surface area contributed by atoms with Gasteiger partial charge in [-0.2, -0.15) is 0 Å². The van der Waals surface area contributed by atoms with E-state index in [0.29, 0.717) is 22.3 Å². The highest BCUT2D eigenvalue weighted by Crippen LogP contribution is 2.28. The Kier molecular flexibility index (Phi) is 3.89. The Morgan fingerprint density at radius 2 is 2.06 bits per heavy atom. The van der Waals surface area contributed by atoms with Gasteiger partial charge in [-0.15, -0.1) is 0 Å². The van der Waals surface area contributed by atoms with Gasteiger partial charge in [-0.3, -0.25) is 0 Å². The van der Waals surface area contributed by atoms with Crippen molar-refractivity contribution in [2.75, 3.05) is 6.61 Å². The van der Waals surface area contributed by atoms with Crippen LogP contribution in [-0.4, -0.2) is 22.1 Å². The summed E-state index contributed by atoms with van der Waals surface area (Å²) < 4.78 is 6.45. The number of halogens is 2. The second-order valence-corrected chi connectivity index (χ2v) is 4.27. The van der Waals surface area contributed by atoms with Crippen LogP contribution in [-0.2, 0) is 4.74 Å². The number of aromatic nitrogens is 2. The summed E-state index contributed by atoms with van der Waals surface area (Å²) >= 11 is 12.1. The van der Waals surface area contributed by atoms with E-state index in [0.717, 1.165) is 0 Å². The molecule has 0 aliphatic rings. The Balaban J connectivity index is 2.38. The molecule has 1 aromatic heterocycles. The lowest BCUT2D eigenvalue weighted by Gasteiger charge is -2.06. The SMILES string of the molecule is CCOC(=O)c1cn(-c2c(Cl)cccc2Cl)cn1. The number of nitrogens with zero attached hydrogens (tertiary/aromatic N) is 2. The highest BCUT2D eigenvalue weighted by Gasteiger charge is 2.13. The predicted octanol–water partition coefficient (Wildman–Crippen LogP) is 3.36. The van der Waals surface area contributed by atoms with Crippen molar-refractivity contribution in [3.05, 3.63) is 46.5 Å². The van der Waals surface area contributed by atoms with Crippen molar-refractivity contribution in [2.45, 2.75) is 6.92 Å². The van der Waals surface area contributed by atoms with Crippen LogP contribution in [0.3, 0.4) is 0 Å². The van der Waals surface area contributed by atoms with E-state index in [-0.39, 0.29) is 5.69 Å². The molecule has 0 saturated heterocycles. The van der Waals surface area contributed by atoms with Crippen molar-refractivity contribution < 1.29 is 9.53 Å². The van der Waals surface area contributed by atoms with Crippen LogP contribution >= 0.6 is 23.2 Å². The zero-order valence-corrected chi connectivity index (χ0v) is 11.1. The van der Waals surface area contributed by atoms with Crippen molar-refractivity contribution in [3.63, 3.8) is 0 Å². The van der Waals surface area contributed by atoms with Crippen molar-refractivity contribution in [3.8, 4) is 5.69 Å². The van der Waals surface area contributed by atoms with Gasteiger partial charge < -0.3 is 9.30 Å². The molecule has 0 aliphatic carbocycles. The number of imidazole rings is 1. The zero-order valence-electron chi connectivity index (χ0n) is 9.56. The van der Waals surface area contributed by atoms with Gasteiger partial charge in [-0.05, 0) is 19.1 Å². The predicted molar refractivity (Wildman–Crippen MR) is 69.5 cm³/mol. The maximum absolute atomic E-state index is 11.5. The van der Waals surface area contributed by atoms with E-state index in [1.54, 1.807) is 29.7 Å². The first kappa shape index (κ1) is 12.9. The van der Waals surface area contributed by atoms with E-state index >= 15 is 0 Å². The highest BCUT2D eigenvalue weighted by atomic mass is 35.5. The lowest BCUT2D eigenvalue weighted by Crippen LogP contribution is -2.04. The summed E-state index contributed by atoms with van der Waals surface area (Å²) in [5, 5.41) is 0.964. The molecule has 0 radical (unpaired) electrons. The summed E-state index contributed by atoms with van der Waals surface area (Å²) in [6, 6.07) is 5.18. The standard InChI is InChI=1S/C12H10Cl2N2O2/c1-2-18-12(17)10-6-16(7-15-10)11-8(13)4-3-5-9(11)14/h3-7H,2H2,1H3. The molecule has 4 nitrogen and oxygen atoms in total. The maximum Gasteiger partial charge on any atom is 0.358 e. The summed E-state index contributed by atoms with van der Waals surface area (Å²) in [6.07, 6.45) is 3.00. The largest absolute Gasteiger partial charge is 0.461 e. The molecule has 2 rings (SSSR count). The van der Waals surface area contributed by atoms with E-state index in [1.807, 2.05) is 0 Å². The third kappa shape index (κ3) is 2.49. The molecule has 0 amide bonds. The van der Waals surface area contributed by atoms with Gasteiger partial charge in [0.2, 0.25) is 0 Å². The second-order valence-electron chi connectivity index (χ2n) is 3.46.